The Bertz CT molecular complexity index is 831. The van der Waals surface area contributed by atoms with E-state index in [9.17, 15) is 22.9 Å². The summed E-state index contributed by atoms with van der Waals surface area (Å²) in [7, 11) is -4.13. The van der Waals surface area contributed by atoms with Gasteiger partial charge in [0.2, 0.25) is 10.0 Å². The van der Waals surface area contributed by atoms with Gasteiger partial charge in [0.15, 0.2) is 5.76 Å². The topological polar surface area (TPSA) is 115 Å². The lowest BCUT2D eigenvalue weighted by Crippen LogP contribution is -2.23. The maximum Gasteiger partial charge on any atom is 0.276 e. The van der Waals surface area contributed by atoms with Crippen molar-refractivity contribution in [3.05, 3.63) is 51.1 Å². The van der Waals surface area contributed by atoms with Crippen LogP contribution in [-0.4, -0.2) is 18.5 Å². The number of aryl methyl sites for hydroxylation is 1. The molecule has 22 heavy (non-hydrogen) atoms. The molecule has 10 heteroatoms. The van der Waals surface area contributed by atoms with Gasteiger partial charge in [-0.1, -0.05) is 5.16 Å². The van der Waals surface area contributed by atoms with Crippen molar-refractivity contribution >= 4 is 15.7 Å². The Morgan fingerprint density at radius 3 is 2.59 bits per heavy atom. The summed E-state index contributed by atoms with van der Waals surface area (Å²) in [6, 6.07) is 3.07. The summed E-state index contributed by atoms with van der Waals surface area (Å²) in [6.07, 6.45) is 0. The third-order valence-electron chi connectivity index (χ3n) is 2.91. The molecule has 1 aromatic carbocycles. The molecule has 0 saturated heterocycles. The Balaban J connectivity index is 2.31. The standard InChI is InChI=1S/C12H12FN3O5S/c1-7-3-9(21-15-7)6-14-22(19,20)10-4-11(13)8(2)12(5-10)16(17)18/h3-5,14H,6H2,1-2H3. The number of halogens is 1. The van der Waals surface area contributed by atoms with Crippen molar-refractivity contribution in [1.82, 2.24) is 9.88 Å². The van der Waals surface area contributed by atoms with E-state index in [1.165, 1.54) is 13.0 Å². The van der Waals surface area contributed by atoms with E-state index in [1.807, 2.05) is 0 Å². The van der Waals surface area contributed by atoms with Crippen LogP contribution in [0.3, 0.4) is 0 Å². The highest BCUT2D eigenvalue weighted by Crippen LogP contribution is 2.25. The minimum atomic E-state index is -4.13. The maximum atomic E-state index is 13.7. The Labute approximate surface area is 125 Å². The second kappa shape index (κ2) is 5.81. The number of sulfonamides is 1. The molecule has 0 aliphatic rings. The third-order valence-corrected chi connectivity index (χ3v) is 4.29. The van der Waals surface area contributed by atoms with Gasteiger partial charge in [-0.3, -0.25) is 10.1 Å². The number of benzene rings is 1. The average molecular weight is 329 g/mol. The molecule has 0 aliphatic heterocycles. The number of nitrogens with zero attached hydrogens (tertiary/aromatic N) is 2. The summed E-state index contributed by atoms with van der Waals surface area (Å²) < 4.78 is 44.9. The molecule has 1 aromatic heterocycles. The number of aromatic nitrogens is 1. The normalized spacial score (nSPS) is 11.6. The van der Waals surface area contributed by atoms with Crippen molar-refractivity contribution in [2.24, 2.45) is 0 Å². The zero-order chi connectivity index (χ0) is 16.5. The number of nitrogens with one attached hydrogen (secondary N) is 1. The molecular weight excluding hydrogens is 317 g/mol. The molecule has 1 N–H and O–H groups in total. The minimum Gasteiger partial charge on any atom is -0.360 e. The summed E-state index contributed by atoms with van der Waals surface area (Å²) in [5.74, 6) is -0.701. The molecule has 1 heterocycles. The third kappa shape index (κ3) is 3.28. The smallest absolute Gasteiger partial charge is 0.276 e. The van der Waals surface area contributed by atoms with Gasteiger partial charge in [-0.25, -0.2) is 17.5 Å². The van der Waals surface area contributed by atoms with Gasteiger partial charge >= 0.3 is 0 Å². The highest BCUT2D eigenvalue weighted by molar-refractivity contribution is 7.89. The number of hydrogen-bond donors (Lipinski definition) is 1. The molecule has 0 radical (unpaired) electrons. The zero-order valence-electron chi connectivity index (χ0n) is 11.7. The quantitative estimate of drug-likeness (QED) is 0.661. The first kappa shape index (κ1) is 16.0. The van der Waals surface area contributed by atoms with Crippen LogP contribution in [0.4, 0.5) is 10.1 Å². The van der Waals surface area contributed by atoms with E-state index in [-0.39, 0.29) is 17.9 Å². The first-order valence-corrected chi connectivity index (χ1v) is 7.55. The number of rotatable bonds is 5. The number of hydrogen-bond acceptors (Lipinski definition) is 6. The molecule has 0 amide bonds. The Hall–Kier alpha value is -2.33. The molecule has 0 saturated carbocycles. The van der Waals surface area contributed by atoms with Crippen LogP contribution in [0.1, 0.15) is 17.0 Å². The highest BCUT2D eigenvalue weighted by Gasteiger charge is 2.23. The summed E-state index contributed by atoms with van der Waals surface area (Å²) >= 11 is 0. The van der Waals surface area contributed by atoms with Gasteiger partial charge in [-0.2, -0.15) is 0 Å². The van der Waals surface area contributed by atoms with E-state index in [1.54, 1.807) is 6.92 Å². The van der Waals surface area contributed by atoms with Crippen molar-refractivity contribution in [2.45, 2.75) is 25.3 Å². The molecule has 2 aromatic rings. The van der Waals surface area contributed by atoms with Crippen molar-refractivity contribution < 1.29 is 22.3 Å². The lowest BCUT2D eigenvalue weighted by Gasteiger charge is -2.07. The fraction of sp³-hybridized carbons (Fsp3) is 0.250. The molecule has 0 bridgehead atoms. The first-order chi connectivity index (χ1) is 10.2. The van der Waals surface area contributed by atoms with Crippen LogP contribution < -0.4 is 4.72 Å². The van der Waals surface area contributed by atoms with Crippen molar-refractivity contribution in [1.29, 1.82) is 0 Å². The van der Waals surface area contributed by atoms with E-state index >= 15 is 0 Å². The van der Waals surface area contributed by atoms with Crippen molar-refractivity contribution in [2.75, 3.05) is 0 Å². The van der Waals surface area contributed by atoms with Gasteiger partial charge in [0.05, 0.1) is 27.6 Å². The Kier molecular flexibility index (Phi) is 4.24. The van der Waals surface area contributed by atoms with E-state index in [4.69, 9.17) is 4.52 Å². The molecular formula is C12H12FN3O5S. The number of nitro benzene ring substituents is 1. The highest BCUT2D eigenvalue weighted by atomic mass is 32.2. The molecule has 0 unspecified atom stereocenters. The van der Waals surface area contributed by atoms with Crippen LogP contribution in [0.5, 0.6) is 0 Å². The summed E-state index contributed by atoms with van der Waals surface area (Å²) in [5.41, 5.74) is -0.253. The van der Waals surface area contributed by atoms with Gasteiger partial charge in [-0.15, -0.1) is 0 Å². The van der Waals surface area contributed by atoms with Crippen LogP contribution in [0.2, 0.25) is 0 Å². The maximum absolute atomic E-state index is 13.7. The van der Waals surface area contributed by atoms with Crippen LogP contribution in [-0.2, 0) is 16.6 Å². The average Bonchev–Trinajstić information content (AvgIpc) is 2.85. The summed E-state index contributed by atoms with van der Waals surface area (Å²) in [4.78, 5) is 9.47. The largest absolute Gasteiger partial charge is 0.360 e. The minimum absolute atomic E-state index is 0.202. The van der Waals surface area contributed by atoms with Crippen LogP contribution in [0.25, 0.3) is 0 Å². The summed E-state index contributed by atoms with van der Waals surface area (Å²) in [6.45, 7) is 2.67. The molecule has 0 atom stereocenters. The molecule has 8 nitrogen and oxygen atoms in total. The fourth-order valence-corrected chi connectivity index (χ4v) is 2.76. The molecule has 0 fully saturated rings. The van der Waals surface area contributed by atoms with Gasteiger partial charge in [0, 0.05) is 12.1 Å². The Morgan fingerprint density at radius 1 is 1.36 bits per heavy atom. The monoisotopic (exact) mass is 329 g/mol. The van der Waals surface area contributed by atoms with Crippen LogP contribution in [0, 0.1) is 29.8 Å². The first-order valence-electron chi connectivity index (χ1n) is 6.07. The van der Waals surface area contributed by atoms with E-state index in [0.29, 0.717) is 5.69 Å². The van der Waals surface area contributed by atoms with E-state index < -0.39 is 31.3 Å². The van der Waals surface area contributed by atoms with Crippen molar-refractivity contribution in [3.8, 4) is 0 Å². The SMILES string of the molecule is Cc1cc(CNS(=O)(=O)c2cc(F)c(C)c([N+](=O)[O-])c2)on1. The fourth-order valence-electron chi connectivity index (χ4n) is 1.73. The van der Waals surface area contributed by atoms with E-state index in [2.05, 4.69) is 9.88 Å². The lowest BCUT2D eigenvalue weighted by molar-refractivity contribution is -0.385. The van der Waals surface area contributed by atoms with Gasteiger partial charge in [-0.05, 0) is 19.9 Å². The zero-order valence-corrected chi connectivity index (χ0v) is 12.5. The van der Waals surface area contributed by atoms with Gasteiger partial charge in [0.1, 0.15) is 5.82 Å². The van der Waals surface area contributed by atoms with Gasteiger partial charge in [0.25, 0.3) is 5.69 Å². The second-order valence-corrected chi connectivity index (χ2v) is 6.33. The second-order valence-electron chi connectivity index (χ2n) is 4.57. The Morgan fingerprint density at radius 2 is 2.05 bits per heavy atom. The van der Waals surface area contributed by atoms with Crippen molar-refractivity contribution in [3.63, 3.8) is 0 Å². The van der Waals surface area contributed by atoms with E-state index in [0.717, 1.165) is 12.1 Å². The predicted molar refractivity (Wildman–Crippen MR) is 73.1 cm³/mol. The number of nitro groups is 1. The van der Waals surface area contributed by atoms with Gasteiger partial charge < -0.3 is 4.52 Å². The molecule has 0 aliphatic carbocycles. The molecule has 0 spiro atoms. The summed E-state index contributed by atoms with van der Waals surface area (Å²) in [5, 5.41) is 14.4. The predicted octanol–water partition coefficient (Wildman–Crippen LogP) is 1.82. The van der Waals surface area contributed by atoms with Crippen LogP contribution in [0.15, 0.2) is 27.6 Å². The van der Waals surface area contributed by atoms with Crippen LogP contribution >= 0.6 is 0 Å². The molecule has 2 rings (SSSR count). The molecule has 118 valence electrons. The lowest BCUT2D eigenvalue weighted by atomic mass is 10.2.